The van der Waals surface area contributed by atoms with Gasteiger partial charge in [-0.05, 0) is 36.8 Å². The molecule has 1 aliphatic rings. The van der Waals surface area contributed by atoms with Gasteiger partial charge in [0.25, 0.3) is 0 Å². The Hall–Kier alpha value is -3.89. The fourth-order valence-electron chi connectivity index (χ4n) is 5.45. The third kappa shape index (κ3) is 9.80. The molecule has 0 aliphatic carbocycles. The maximum Gasteiger partial charge on any atom is 0.227 e. The molecule has 0 unspecified atom stereocenters. The zero-order valence-electron chi connectivity index (χ0n) is 27.8. The fourth-order valence-corrected chi connectivity index (χ4v) is 5.45. The molecule has 1 aliphatic heterocycles. The van der Waals surface area contributed by atoms with E-state index in [4.69, 9.17) is 9.47 Å². The normalized spacial score (nSPS) is 12.3. The number of rotatable bonds is 18. The Morgan fingerprint density at radius 1 is 0.848 bits per heavy atom. The van der Waals surface area contributed by atoms with Gasteiger partial charge in [0.15, 0.2) is 0 Å². The first-order valence-corrected chi connectivity index (χ1v) is 16.6. The minimum absolute atomic E-state index is 0.0141. The van der Waals surface area contributed by atoms with E-state index in [0.717, 1.165) is 47.5 Å². The summed E-state index contributed by atoms with van der Waals surface area (Å²) in [5.41, 5.74) is 5.15. The van der Waals surface area contributed by atoms with Gasteiger partial charge in [-0.1, -0.05) is 75.4 Å². The highest BCUT2D eigenvalue weighted by Crippen LogP contribution is 2.41. The molecule has 248 valence electrons. The van der Waals surface area contributed by atoms with E-state index in [-0.39, 0.29) is 36.4 Å². The van der Waals surface area contributed by atoms with Gasteiger partial charge in [-0.15, -0.1) is 5.10 Å². The monoisotopic (exact) mass is 631 g/mol. The van der Waals surface area contributed by atoms with Crippen molar-refractivity contribution in [3.63, 3.8) is 0 Å². The maximum atomic E-state index is 13.7. The second-order valence-electron chi connectivity index (χ2n) is 12.5. The predicted octanol–water partition coefficient (Wildman–Crippen LogP) is 5.83. The van der Waals surface area contributed by atoms with Gasteiger partial charge in [0, 0.05) is 56.1 Å². The molecule has 2 aromatic carbocycles. The lowest BCUT2D eigenvalue weighted by Crippen LogP contribution is -2.33. The third-order valence-electron chi connectivity index (χ3n) is 8.09. The van der Waals surface area contributed by atoms with Crippen molar-refractivity contribution in [1.29, 1.82) is 0 Å². The van der Waals surface area contributed by atoms with Crippen LogP contribution in [0.2, 0.25) is 0 Å². The van der Waals surface area contributed by atoms with Gasteiger partial charge in [0.1, 0.15) is 11.5 Å². The van der Waals surface area contributed by atoms with Crippen LogP contribution >= 0.6 is 0 Å². The van der Waals surface area contributed by atoms with E-state index in [1.54, 1.807) is 4.90 Å². The molecule has 0 spiro atoms. The van der Waals surface area contributed by atoms with Crippen molar-refractivity contribution in [3.05, 3.63) is 54.1 Å². The van der Waals surface area contributed by atoms with Crippen LogP contribution < -0.4 is 10.2 Å². The summed E-state index contributed by atoms with van der Waals surface area (Å²) in [4.78, 5) is 39.7. The number of hydrogen-bond acceptors (Lipinski definition) is 7. The summed E-state index contributed by atoms with van der Waals surface area (Å²) in [5, 5.41) is 12.0. The molecule has 0 fully saturated rings. The van der Waals surface area contributed by atoms with Crippen molar-refractivity contribution in [1.82, 2.24) is 20.3 Å². The number of nitrogens with one attached hydrogen (secondary N) is 1. The highest BCUT2D eigenvalue weighted by molar-refractivity contribution is 6.01. The molecule has 0 bridgehead atoms. The number of carbonyl (C=O) groups excluding carboxylic acids is 3. The Morgan fingerprint density at radius 3 is 2.35 bits per heavy atom. The van der Waals surface area contributed by atoms with Crippen molar-refractivity contribution in [2.45, 2.75) is 79.3 Å². The SMILES string of the molecule is CC(C)CCCOCCn1nnc2c1-c1ccccc1CN(C(=O)CCC(=O)NCCCOCCC(=O)C(C)C)c1ccccc1-2. The number of amides is 2. The topological polar surface area (TPSA) is 116 Å². The van der Waals surface area contributed by atoms with E-state index in [1.807, 2.05) is 67.1 Å². The average molecular weight is 632 g/mol. The van der Waals surface area contributed by atoms with E-state index in [1.165, 1.54) is 0 Å². The lowest BCUT2D eigenvalue weighted by molar-refractivity contribution is -0.125. The summed E-state index contributed by atoms with van der Waals surface area (Å²) in [6, 6.07) is 15.8. The zero-order chi connectivity index (χ0) is 32.9. The molecule has 0 radical (unpaired) electrons. The van der Waals surface area contributed by atoms with E-state index >= 15 is 0 Å². The van der Waals surface area contributed by atoms with Crippen molar-refractivity contribution < 1.29 is 23.9 Å². The molecule has 2 heterocycles. The van der Waals surface area contributed by atoms with Crippen LogP contribution in [0.4, 0.5) is 5.69 Å². The molecule has 1 aromatic heterocycles. The van der Waals surface area contributed by atoms with E-state index in [0.29, 0.717) is 63.9 Å². The second-order valence-corrected chi connectivity index (χ2v) is 12.5. The summed E-state index contributed by atoms with van der Waals surface area (Å²) in [7, 11) is 0. The molecule has 46 heavy (non-hydrogen) atoms. The highest BCUT2D eigenvalue weighted by atomic mass is 16.5. The average Bonchev–Trinajstić information content (AvgIpc) is 3.45. The Morgan fingerprint density at radius 2 is 1.57 bits per heavy atom. The van der Waals surface area contributed by atoms with E-state index in [2.05, 4.69) is 29.5 Å². The van der Waals surface area contributed by atoms with Gasteiger partial charge >= 0.3 is 0 Å². The maximum absolute atomic E-state index is 13.7. The van der Waals surface area contributed by atoms with Gasteiger partial charge in [-0.3, -0.25) is 14.4 Å². The highest BCUT2D eigenvalue weighted by Gasteiger charge is 2.29. The Kier molecular flexibility index (Phi) is 13.5. The summed E-state index contributed by atoms with van der Waals surface area (Å²) < 4.78 is 13.3. The number of anilines is 1. The summed E-state index contributed by atoms with van der Waals surface area (Å²) in [5.74, 6) is 0.542. The lowest BCUT2D eigenvalue weighted by atomic mass is 9.95. The van der Waals surface area contributed by atoms with Crippen LogP contribution in [0.25, 0.3) is 22.5 Å². The first-order valence-electron chi connectivity index (χ1n) is 16.6. The number of ether oxygens (including phenoxy) is 2. The quantitative estimate of drug-likeness (QED) is 0.176. The van der Waals surface area contributed by atoms with Crippen LogP contribution in [-0.4, -0.2) is 65.6 Å². The summed E-state index contributed by atoms with van der Waals surface area (Å²) in [6.45, 7) is 11.7. The van der Waals surface area contributed by atoms with Crippen LogP contribution in [0, 0.1) is 11.8 Å². The van der Waals surface area contributed by atoms with Crippen molar-refractivity contribution >= 4 is 23.3 Å². The summed E-state index contributed by atoms with van der Waals surface area (Å²) >= 11 is 0. The first-order chi connectivity index (χ1) is 22.3. The van der Waals surface area contributed by atoms with Crippen molar-refractivity contribution in [2.75, 3.05) is 37.9 Å². The molecule has 0 saturated heterocycles. The molecular weight excluding hydrogens is 582 g/mol. The van der Waals surface area contributed by atoms with E-state index in [9.17, 15) is 14.4 Å². The molecule has 2 amide bonds. The first kappa shape index (κ1) is 35.0. The molecule has 4 rings (SSSR count). The van der Waals surface area contributed by atoms with Crippen LogP contribution in [-0.2, 0) is 36.9 Å². The van der Waals surface area contributed by atoms with Crippen LogP contribution in [0.3, 0.4) is 0 Å². The number of aromatic nitrogens is 3. The van der Waals surface area contributed by atoms with Gasteiger partial charge in [0.05, 0.1) is 37.7 Å². The number of Topliss-reactive ketones (excluding diaryl/α,β-unsaturated/α-hetero) is 1. The lowest BCUT2D eigenvalue weighted by Gasteiger charge is -2.28. The molecule has 0 saturated carbocycles. The van der Waals surface area contributed by atoms with Crippen LogP contribution in [0.1, 0.15) is 71.8 Å². The minimum atomic E-state index is -0.180. The smallest absolute Gasteiger partial charge is 0.227 e. The molecule has 0 atom stereocenters. The molecular formula is C36H49N5O5. The van der Waals surface area contributed by atoms with Crippen LogP contribution in [0.15, 0.2) is 48.5 Å². The Balaban J connectivity index is 1.39. The Bertz CT molecular complexity index is 1450. The van der Waals surface area contributed by atoms with E-state index < -0.39 is 0 Å². The number of benzene rings is 2. The number of carbonyl (C=O) groups is 3. The minimum Gasteiger partial charge on any atom is -0.381 e. The zero-order valence-corrected chi connectivity index (χ0v) is 27.8. The summed E-state index contributed by atoms with van der Waals surface area (Å²) in [6.07, 6.45) is 3.38. The number of hydrogen-bond donors (Lipinski definition) is 1. The number of nitrogens with zero attached hydrogens (tertiary/aromatic N) is 4. The number of fused-ring (bicyclic) bond motifs is 5. The largest absolute Gasteiger partial charge is 0.381 e. The van der Waals surface area contributed by atoms with Crippen molar-refractivity contribution in [2.24, 2.45) is 11.8 Å². The van der Waals surface area contributed by atoms with Gasteiger partial charge in [-0.2, -0.15) is 0 Å². The standard InChI is InChI=1S/C36H49N5O5/c1-26(2)11-9-21-46-24-20-41-36-29-13-6-5-12-28(29)25-40(31-15-8-7-14-30(31)35(36)38-39-41)34(44)17-16-33(43)37-19-10-22-45-23-18-32(42)27(3)4/h5-8,12-15,26-27H,9-11,16-25H2,1-4H3,(H,37,43). The molecule has 3 aromatic rings. The van der Waals surface area contributed by atoms with Gasteiger partial charge in [0.2, 0.25) is 11.8 Å². The molecule has 1 N–H and O–H groups in total. The Labute approximate surface area is 272 Å². The molecule has 10 nitrogen and oxygen atoms in total. The number of para-hydroxylation sites is 1. The van der Waals surface area contributed by atoms with Gasteiger partial charge in [-0.25, -0.2) is 4.68 Å². The van der Waals surface area contributed by atoms with Crippen molar-refractivity contribution in [3.8, 4) is 22.5 Å². The second kappa shape index (κ2) is 17.7. The van der Waals surface area contributed by atoms with Crippen LogP contribution in [0.5, 0.6) is 0 Å². The fraction of sp³-hybridized carbons (Fsp3) is 0.528. The van der Waals surface area contributed by atoms with Gasteiger partial charge < -0.3 is 19.7 Å². The molecule has 10 heteroatoms. The number of ketones is 1. The third-order valence-corrected chi connectivity index (χ3v) is 8.09. The predicted molar refractivity (Wildman–Crippen MR) is 179 cm³/mol.